The number of hydrogen-bond donors (Lipinski definition) is 2. The van der Waals surface area contributed by atoms with E-state index < -0.39 is 17.3 Å². The number of ether oxygens (including phenoxy) is 3. The number of carboxylic acid groups (broad SMARTS) is 1. The Bertz CT molecular complexity index is 254. The zero-order valence-electron chi connectivity index (χ0n) is 10.8. The summed E-state index contributed by atoms with van der Waals surface area (Å²) in [5.74, 6) is -2.11. The van der Waals surface area contributed by atoms with E-state index >= 15 is 0 Å². The van der Waals surface area contributed by atoms with Crippen molar-refractivity contribution >= 4 is 11.9 Å². The number of hydrogen-bond acceptors (Lipinski definition) is 5. The Hall–Kier alpha value is -1.18. The highest BCUT2D eigenvalue weighted by Gasteiger charge is 2.39. The Morgan fingerprint density at radius 3 is 2.06 bits per heavy atom. The van der Waals surface area contributed by atoms with Gasteiger partial charge in [0.25, 0.3) is 0 Å². The lowest BCUT2D eigenvalue weighted by Gasteiger charge is -2.20. The number of primary amides is 1. The van der Waals surface area contributed by atoms with E-state index in [0.717, 1.165) is 0 Å². The van der Waals surface area contributed by atoms with E-state index in [4.69, 9.17) is 25.1 Å². The molecule has 7 nitrogen and oxygen atoms in total. The molecule has 0 spiro atoms. The van der Waals surface area contributed by atoms with Crippen LogP contribution in [0, 0.1) is 5.41 Å². The molecule has 3 N–H and O–H groups in total. The maximum Gasteiger partial charge on any atom is 0.318 e. The second-order valence-electron chi connectivity index (χ2n) is 3.97. The van der Waals surface area contributed by atoms with Crippen LogP contribution < -0.4 is 5.73 Å². The first-order chi connectivity index (χ1) is 8.45. The molecule has 0 radical (unpaired) electrons. The molecular formula is C11H21NO6. The monoisotopic (exact) mass is 263 g/mol. The minimum absolute atomic E-state index is 0.0374. The van der Waals surface area contributed by atoms with E-state index in [1.807, 2.05) is 0 Å². The maximum absolute atomic E-state index is 11.0. The fourth-order valence-electron chi connectivity index (χ4n) is 1.08. The van der Waals surface area contributed by atoms with Crippen LogP contribution in [-0.2, 0) is 23.8 Å². The first kappa shape index (κ1) is 16.8. The minimum atomic E-state index is -1.59. The number of aliphatic carboxylic acids is 1. The van der Waals surface area contributed by atoms with Gasteiger partial charge in [-0.15, -0.1) is 0 Å². The number of carboxylic acids is 1. The highest BCUT2D eigenvalue weighted by Crippen LogP contribution is 2.20. The fourth-order valence-corrected chi connectivity index (χ4v) is 1.08. The van der Waals surface area contributed by atoms with Crippen LogP contribution in [0.2, 0.25) is 0 Å². The molecule has 18 heavy (non-hydrogen) atoms. The molecule has 0 saturated carbocycles. The Balaban J connectivity index is 3.70. The lowest BCUT2D eigenvalue weighted by atomic mass is 9.86. The lowest BCUT2D eigenvalue weighted by Crippen LogP contribution is -2.42. The van der Waals surface area contributed by atoms with Gasteiger partial charge in [0.05, 0.1) is 26.4 Å². The summed E-state index contributed by atoms with van der Waals surface area (Å²) in [7, 11) is 1.58. The predicted octanol–water partition coefficient (Wildman–Crippen LogP) is -0.368. The van der Waals surface area contributed by atoms with Gasteiger partial charge in [0.1, 0.15) is 5.41 Å². The minimum Gasteiger partial charge on any atom is -0.480 e. The van der Waals surface area contributed by atoms with Crippen molar-refractivity contribution in [3.05, 3.63) is 0 Å². The van der Waals surface area contributed by atoms with Crippen molar-refractivity contribution in [1.82, 2.24) is 0 Å². The number of carbonyl (C=O) groups excluding carboxylic acids is 1. The summed E-state index contributed by atoms with van der Waals surface area (Å²) in [4.78, 5) is 22.0. The SMILES string of the molecule is COCCOCCOCCC(C)(C(N)=O)C(=O)O. The molecule has 0 aliphatic heterocycles. The lowest BCUT2D eigenvalue weighted by molar-refractivity contribution is -0.154. The van der Waals surface area contributed by atoms with Crippen LogP contribution in [0.25, 0.3) is 0 Å². The molecule has 1 unspecified atom stereocenters. The second-order valence-corrected chi connectivity index (χ2v) is 3.97. The molecule has 7 heteroatoms. The Labute approximate surface area is 106 Å². The molecule has 0 fully saturated rings. The quantitative estimate of drug-likeness (QED) is 0.389. The van der Waals surface area contributed by atoms with Gasteiger partial charge in [0.15, 0.2) is 0 Å². The Morgan fingerprint density at radius 1 is 1.11 bits per heavy atom. The number of rotatable bonds is 11. The molecule has 0 bridgehead atoms. The smallest absolute Gasteiger partial charge is 0.318 e. The van der Waals surface area contributed by atoms with Gasteiger partial charge in [-0.25, -0.2) is 0 Å². The van der Waals surface area contributed by atoms with Crippen LogP contribution in [0.4, 0.5) is 0 Å². The van der Waals surface area contributed by atoms with Crippen LogP contribution in [0.15, 0.2) is 0 Å². The number of nitrogens with two attached hydrogens (primary N) is 1. The summed E-state index contributed by atoms with van der Waals surface area (Å²) in [5, 5.41) is 8.91. The van der Waals surface area contributed by atoms with Crippen LogP contribution in [-0.4, -0.2) is 57.1 Å². The molecule has 0 rings (SSSR count). The van der Waals surface area contributed by atoms with Crippen LogP contribution in [0.1, 0.15) is 13.3 Å². The van der Waals surface area contributed by atoms with Gasteiger partial charge in [-0.3, -0.25) is 9.59 Å². The number of carbonyl (C=O) groups is 2. The van der Waals surface area contributed by atoms with Gasteiger partial charge in [0, 0.05) is 13.7 Å². The van der Waals surface area contributed by atoms with Gasteiger partial charge in [-0.2, -0.15) is 0 Å². The summed E-state index contributed by atoms with van der Waals surface area (Å²) in [6.07, 6.45) is 0.0374. The molecule has 0 aliphatic carbocycles. The third-order valence-electron chi connectivity index (χ3n) is 2.57. The van der Waals surface area contributed by atoms with E-state index in [1.165, 1.54) is 6.92 Å². The average Bonchev–Trinajstić information content (AvgIpc) is 2.31. The molecule has 1 atom stereocenters. The standard InChI is InChI=1S/C11H21NO6/c1-11(9(12)13,10(14)15)3-4-17-7-8-18-6-5-16-2/h3-8H2,1-2H3,(H2,12,13)(H,14,15). The highest BCUT2D eigenvalue weighted by molar-refractivity contribution is 6.00. The Kier molecular flexibility index (Phi) is 8.27. The predicted molar refractivity (Wildman–Crippen MR) is 63.1 cm³/mol. The maximum atomic E-state index is 11.0. The topological polar surface area (TPSA) is 108 Å². The van der Waals surface area contributed by atoms with E-state index in [1.54, 1.807) is 7.11 Å². The van der Waals surface area contributed by atoms with E-state index in [-0.39, 0.29) is 13.0 Å². The third kappa shape index (κ3) is 5.95. The van der Waals surface area contributed by atoms with Crippen molar-refractivity contribution in [3.8, 4) is 0 Å². The van der Waals surface area contributed by atoms with Crippen molar-refractivity contribution in [3.63, 3.8) is 0 Å². The van der Waals surface area contributed by atoms with Gasteiger partial charge in [-0.1, -0.05) is 0 Å². The van der Waals surface area contributed by atoms with Crippen molar-refractivity contribution in [1.29, 1.82) is 0 Å². The fraction of sp³-hybridized carbons (Fsp3) is 0.818. The van der Waals surface area contributed by atoms with Crippen LogP contribution >= 0.6 is 0 Å². The molecule has 106 valence electrons. The average molecular weight is 263 g/mol. The molecule has 0 aromatic rings. The number of amides is 1. The molecule has 0 aliphatic rings. The summed E-state index contributed by atoms with van der Waals surface area (Å²) >= 11 is 0. The largest absolute Gasteiger partial charge is 0.480 e. The highest BCUT2D eigenvalue weighted by atomic mass is 16.5. The van der Waals surface area contributed by atoms with Crippen LogP contribution in [0.3, 0.4) is 0 Å². The van der Waals surface area contributed by atoms with Crippen molar-refractivity contribution < 1.29 is 28.9 Å². The van der Waals surface area contributed by atoms with E-state index in [0.29, 0.717) is 26.4 Å². The molecule has 0 heterocycles. The van der Waals surface area contributed by atoms with Gasteiger partial charge >= 0.3 is 5.97 Å². The first-order valence-corrected chi connectivity index (χ1v) is 5.63. The molecule has 0 aromatic heterocycles. The third-order valence-corrected chi connectivity index (χ3v) is 2.57. The normalized spacial score (nSPS) is 14.1. The zero-order chi connectivity index (χ0) is 14.0. The summed E-state index contributed by atoms with van der Waals surface area (Å²) in [6.45, 7) is 3.14. The molecular weight excluding hydrogens is 242 g/mol. The summed E-state index contributed by atoms with van der Waals surface area (Å²) < 4.78 is 15.1. The Morgan fingerprint density at radius 2 is 1.61 bits per heavy atom. The zero-order valence-corrected chi connectivity index (χ0v) is 10.8. The van der Waals surface area contributed by atoms with Crippen LogP contribution in [0.5, 0.6) is 0 Å². The first-order valence-electron chi connectivity index (χ1n) is 5.63. The van der Waals surface area contributed by atoms with Crippen molar-refractivity contribution in [2.24, 2.45) is 11.1 Å². The van der Waals surface area contributed by atoms with Gasteiger partial charge < -0.3 is 25.1 Å². The van der Waals surface area contributed by atoms with Gasteiger partial charge in [-0.05, 0) is 13.3 Å². The molecule has 0 saturated heterocycles. The van der Waals surface area contributed by atoms with Gasteiger partial charge in [0.2, 0.25) is 5.91 Å². The molecule has 0 aromatic carbocycles. The van der Waals surface area contributed by atoms with Crippen molar-refractivity contribution in [2.75, 3.05) is 40.1 Å². The summed E-state index contributed by atoms with van der Waals surface area (Å²) in [5.41, 5.74) is 3.47. The van der Waals surface area contributed by atoms with E-state index in [2.05, 4.69) is 0 Å². The molecule has 1 amide bonds. The summed E-state index contributed by atoms with van der Waals surface area (Å²) in [6, 6.07) is 0. The second kappa shape index (κ2) is 8.84. The number of methoxy groups -OCH3 is 1. The van der Waals surface area contributed by atoms with Crippen molar-refractivity contribution in [2.45, 2.75) is 13.3 Å². The van der Waals surface area contributed by atoms with E-state index in [9.17, 15) is 9.59 Å².